The maximum atomic E-state index is 4.40. The van der Waals surface area contributed by atoms with Crippen LogP contribution < -0.4 is 5.32 Å². The first-order valence-electron chi connectivity index (χ1n) is 5.30. The Balaban J connectivity index is 2.07. The van der Waals surface area contributed by atoms with E-state index >= 15 is 0 Å². The molecule has 6 nitrogen and oxygen atoms in total. The maximum absolute atomic E-state index is 4.40. The zero-order valence-electron chi connectivity index (χ0n) is 9.60. The van der Waals surface area contributed by atoms with Crippen molar-refractivity contribution in [2.45, 2.75) is 6.92 Å². The van der Waals surface area contributed by atoms with Crippen LogP contribution in [0.4, 0.5) is 11.5 Å². The van der Waals surface area contributed by atoms with E-state index in [4.69, 9.17) is 0 Å². The number of H-pyrrole nitrogens is 1. The van der Waals surface area contributed by atoms with E-state index in [1.165, 1.54) is 0 Å². The predicted octanol–water partition coefficient (Wildman–Crippen LogP) is 1.74. The normalized spacial score (nSPS) is 10.9. The lowest BCUT2D eigenvalue weighted by Gasteiger charge is -2.04. The van der Waals surface area contributed by atoms with Crippen LogP contribution in [0.15, 0.2) is 24.7 Å². The lowest BCUT2D eigenvalue weighted by Crippen LogP contribution is -1.97. The first-order chi connectivity index (χ1) is 8.22. The van der Waals surface area contributed by atoms with Gasteiger partial charge in [0.1, 0.15) is 17.3 Å². The Kier molecular flexibility index (Phi) is 2.07. The molecule has 0 bridgehead atoms. The molecule has 0 aliphatic heterocycles. The summed E-state index contributed by atoms with van der Waals surface area (Å²) in [4.78, 5) is 11.8. The van der Waals surface area contributed by atoms with E-state index in [2.05, 4.69) is 25.4 Å². The summed E-state index contributed by atoms with van der Waals surface area (Å²) in [6.45, 7) is 1.87. The van der Waals surface area contributed by atoms with E-state index in [1.807, 2.05) is 32.4 Å². The Bertz CT molecular complexity index is 665. The molecule has 0 aromatic carbocycles. The van der Waals surface area contributed by atoms with Crippen LogP contribution in [-0.4, -0.2) is 24.7 Å². The fraction of sp³-hybridized carbons (Fsp3) is 0.182. The third-order valence-electron chi connectivity index (χ3n) is 2.50. The minimum absolute atomic E-state index is 0.728. The van der Waals surface area contributed by atoms with Crippen LogP contribution in [0.1, 0.15) is 5.82 Å². The van der Waals surface area contributed by atoms with Gasteiger partial charge in [0.05, 0.1) is 17.3 Å². The Morgan fingerprint density at radius 3 is 3.00 bits per heavy atom. The predicted molar refractivity (Wildman–Crippen MR) is 65.1 cm³/mol. The van der Waals surface area contributed by atoms with E-state index in [0.29, 0.717) is 0 Å². The molecule has 17 heavy (non-hydrogen) atoms. The zero-order valence-corrected chi connectivity index (χ0v) is 9.60. The summed E-state index contributed by atoms with van der Waals surface area (Å²) in [6.07, 6.45) is 5.51. The molecule has 86 valence electrons. The molecule has 0 unspecified atom stereocenters. The number of nitrogens with zero attached hydrogens (tertiary/aromatic N) is 4. The van der Waals surface area contributed by atoms with E-state index in [-0.39, 0.29) is 0 Å². The number of hydrogen-bond acceptors (Lipinski definition) is 4. The van der Waals surface area contributed by atoms with Gasteiger partial charge in [-0.3, -0.25) is 4.68 Å². The van der Waals surface area contributed by atoms with Crippen LogP contribution >= 0.6 is 0 Å². The topological polar surface area (TPSA) is 71.4 Å². The second kappa shape index (κ2) is 3.58. The summed E-state index contributed by atoms with van der Waals surface area (Å²) in [7, 11) is 1.88. The standard InChI is InChI=1S/C11H12N6/c1-7-14-10-9(3-4-12-10)11(15-7)16-8-5-13-17(2)6-8/h3-6H,1-2H3,(H2,12,14,15,16). The van der Waals surface area contributed by atoms with Crippen LogP contribution in [0.5, 0.6) is 0 Å². The fourth-order valence-corrected chi connectivity index (χ4v) is 1.77. The first-order valence-corrected chi connectivity index (χ1v) is 5.30. The van der Waals surface area contributed by atoms with E-state index in [0.717, 1.165) is 28.4 Å². The minimum atomic E-state index is 0.728. The van der Waals surface area contributed by atoms with Gasteiger partial charge in [-0.2, -0.15) is 5.10 Å². The second-order valence-electron chi connectivity index (χ2n) is 3.89. The van der Waals surface area contributed by atoms with Gasteiger partial charge in [-0.1, -0.05) is 0 Å². The van der Waals surface area contributed by atoms with Crippen molar-refractivity contribution < 1.29 is 0 Å². The van der Waals surface area contributed by atoms with Crippen molar-refractivity contribution >= 4 is 22.5 Å². The molecule has 3 heterocycles. The maximum Gasteiger partial charge on any atom is 0.143 e. The van der Waals surface area contributed by atoms with Gasteiger partial charge < -0.3 is 10.3 Å². The number of aromatic amines is 1. The van der Waals surface area contributed by atoms with E-state index in [1.54, 1.807) is 10.9 Å². The monoisotopic (exact) mass is 228 g/mol. The van der Waals surface area contributed by atoms with Crippen molar-refractivity contribution in [3.05, 3.63) is 30.5 Å². The van der Waals surface area contributed by atoms with Crippen molar-refractivity contribution in [2.24, 2.45) is 7.05 Å². The van der Waals surface area contributed by atoms with Gasteiger partial charge in [-0.25, -0.2) is 9.97 Å². The number of aryl methyl sites for hydroxylation is 2. The molecule has 0 spiro atoms. The van der Waals surface area contributed by atoms with Crippen molar-refractivity contribution in [1.82, 2.24) is 24.7 Å². The molecule has 0 aliphatic carbocycles. The van der Waals surface area contributed by atoms with Gasteiger partial charge >= 0.3 is 0 Å². The summed E-state index contributed by atoms with van der Waals surface area (Å²) in [6, 6.07) is 1.95. The Labute approximate surface area is 97.7 Å². The molecule has 3 rings (SSSR count). The summed E-state index contributed by atoms with van der Waals surface area (Å²) < 4.78 is 1.74. The van der Waals surface area contributed by atoms with Crippen LogP contribution in [-0.2, 0) is 7.05 Å². The van der Waals surface area contributed by atoms with Gasteiger partial charge in [0, 0.05) is 19.4 Å². The molecule has 0 atom stereocenters. The number of rotatable bonds is 2. The zero-order chi connectivity index (χ0) is 11.8. The smallest absolute Gasteiger partial charge is 0.143 e. The summed E-state index contributed by atoms with van der Waals surface area (Å²) in [5.74, 6) is 1.52. The average molecular weight is 228 g/mol. The highest BCUT2D eigenvalue weighted by molar-refractivity contribution is 5.88. The summed E-state index contributed by atoms with van der Waals surface area (Å²) in [5.41, 5.74) is 1.75. The lowest BCUT2D eigenvalue weighted by molar-refractivity contribution is 0.768. The molecular formula is C11H12N6. The van der Waals surface area contributed by atoms with Gasteiger partial charge in [0.2, 0.25) is 0 Å². The highest BCUT2D eigenvalue weighted by Crippen LogP contribution is 2.22. The highest BCUT2D eigenvalue weighted by atomic mass is 15.3. The molecular weight excluding hydrogens is 216 g/mol. The second-order valence-corrected chi connectivity index (χ2v) is 3.89. The van der Waals surface area contributed by atoms with Crippen LogP contribution in [0.3, 0.4) is 0 Å². The Morgan fingerprint density at radius 1 is 1.35 bits per heavy atom. The van der Waals surface area contributed by atoms with Gasteiger partial charge in [0.25, 0.3) is 0 Å². The van der Waals surface area contributed by atoms with E-state index in [9.17, 15) is 0 Å². The van der Waals surface area contributed by atoms with Crippen molar-refractivity contribution in [3.63, 3.8) is 0 Å². The van der Waals surface area contributed by atoms with Crippen LogP contribution in [0, 0.1) is 6.92 Å². The van der Waals surface area contributed by atoms with Crippen LogP contribution in [0.25, 0.3) is 11.0 Å². The average Bonchev–Trinajstić information content (AvgIpc) is 2.87. The Hall–Kier alpha value is -2.37. The minimum Gasteiger partial charge on any atom is -0.346 e. The number of aromatic nitrogens is 5. The quantitative estimate of drug-likeness (QED) is 0.700. The molecule has 3 aromatic rings. The molecule has 0 saturated carbocycles. The molecule has 6 heteroatoms. The van der Waals surface area contributed by atoms with E-state index < -0.39 is 0 Å². The van der Waals surface area contributed by atoms with Crippen molar-refractivity contribution in [1.29, 1.82) is 0 Å². The van der Waals surface area contributed by atoms with Gasteiger partial charge in [-0.05, 0) is 13.0 Å². The molecule has 0 radical (unpaired) electrons. The molecule has 0 fully saturated rings. The molecule has 0 amide bonds. The third-order valence-corrected chi connectivity index (χ3v) is 2.50. The summed E-state index contributed by atoms with van der Waals surface area (Å²) >= 11 is 0. The largest absolute Gasteiger partial charge is 0.346 e. The lowest BCUT2D eigenvalue weighted by atomic mass is 10.3. The molecule has 3 aromatic heterocycles. The van der Waals surface area contributed by atoms with Gasteiger partial charge in [0.15, 0.2) is 0 Å². The molecule has 0 saturated heterocycles. The first kappa shape index (κ1) is 9.83. The fourth-order valence-electron chi connectivity index (χ4n) is 1.77. The van der Waals surface area contributed by atoms with Crippen molar-refractivity contribution in [3.8, 4) is 0 Å². The molecule has 0 aliphatic rings. The summed E-state index contributed by atoms with van der Waals surface area (Å²) in [5, 5.41) is 8.32. The number of fused-ring (bicyclic) bond motifs is 1. The SMILES string of the molecule is Cc1nc(Nc2cnn(C)c2)c2cc[nH]c2n1. The molecule has 2 N–H and O–H groups in total. The number of anilines is 2. The number of hydrogen-bond donors (Lipinski definition) is 2. The highest BCUT2D eigenvalue weighted by Gasteiger charge is 2.07. The third kappa shape index (κ3) is 1.73. The van der Waals surface area contributed by atoms with Crippen LogP contribution in [0.2, 0.25) is 0 Å². The number of nitrogens with one attached hydrogen (secondary N) is 2. The van der Waals surface area contributed by atoms with Crippen molar-refractivity contribution in [2.75, 3.05) is 5.32 Å². The van der Waals surface area contributed by atoms with Gasteiger partial charge in [-0.15, -0.1) is 0 Å². The Morgan fingerprint density at radius 2 is 2.24 bits per heavy atom.